The van der Waals surface area contributed by atoms with Crippen LogP contribution in [-0.4, -0.2) is 13.0 Å². The van der Waals surface area contributed by atoms with Crippen LogP contribution in [0.1, 0.15) is 16.7 Å². The first-order valence-electron chi connectivity index (χ1n) is 6.79. The second-order valence-corrected chi connectivity index (χ2v) is 5.10. The molecule has 3 N–H and O–H groups in total. The van der Waals surface area contributed by atoms with E-state index in [1.54, 1.807) is 25.3 Å². The lowest BCUT2D eigenvalue weighted by molar-refractivity contribution is -0.115. The van der Waals surface area contributed by atoms with E-state index in [-0.39, 0.29) is 5.91 Å². The molecule has 4 heteroatoms. The summed E-state index contributed by atoms with van der Waals surface area (Å²) in [5.41, 5.74) is 10.3. The predicted octanol–water partition coefficient (Wildman–Crippen LogP) is 3.08. The third kappa shape index (κ3) is 3.75. The van der Waals surface area contributed by atoms with E-state index >= 15 is 0 Å². The van der Waals surface area contributed by atoms with Crippen LogP contribution in [0, 0.1) is 13.8 Å². The van der Waals surface area contributed by atoms with Crippen molar-refractivity contribution in [2.45, 2.75) is 20.3 Å². The van der Waals surface area contributed by atoms with E-state index in [1.165, 1.54) is 11.1 Å². The second-order valence-electron chi connectivity index (χ2n) is 5.10. The molecule has 0 bridgehead atoms. The zero-order chi connectivity index (χ0) is 15.4. The van der Waals surface area contributed by atoms with Crippen molar-refractivity contribution in [2.24, 2.45) is 0 Å². The maximum atomic E-state index is 12.1. The molecular formula is C17H20N2O2. The van der Waals surface area contributed by atoms with Gasteiger partial charge in [-0.15, -0.1) is 0 Å². The molecule has 0 unspecified atom stereocenters. The number of anilines is 2. The Hall–Kier alpha value is -2.49. The fraction of sp³-hybridized carbons (Fsp3) is 0.235. The highest BCUT2D eigenvalue weighted by atomic mass is 16.5. The molecule has 0 aliphatic carbocycles. The van der Waals surface area contributed by atoms with Gasteiger partial charge in [0.1, 0.15) is 5.75 Å². The quantitative estimate of drug-likeness (QED) is 0.848. The molecule has 110 valence electrons. The van der Waals surface area contributed by atoms with Crippen LogP contribution in [0.15, 0.2) is 36.4 Å². The molecule has 0 radical (unpaired) electrons. The van der Waals surface area contributed by atoms with Crippen molar-refractivity contribution in [3.63, 3.8) is 0 Å². The lowest BCUT2D eigenvalue weighted by atomic mass is 10.0. The number of carbonyl (C=O) groups excluding carboxylic acids is 1. The average molecular weight is 284 g/mol. The molecule has 2 rings (SSSR count). The Morgan fingerprint density at radius 2 is 1.90 bits per heavy atom. The normalized spacial score (nSPS) is 10.2. The molecule has 0 fully saturated rings. The van der Waals surface area contributed by atoms with E-state index in [0.29, 0.717) is 23.5 Å². The van der Waals surface area contributed by atoms with E-state index in [1.807, 2.05) is 25.1 Å². The lowest BCUT2D eigenvalue weighted by Crippen LogP contribution is -2.15. The number of hydrogen-bond acceptors (Lipinski definition) is 3. The molecule has 0 aromatic heterocycles. The van der Waals surface area contributed by atoms with Gasteiger partial charge in [0.05, 0.1) is 24.9 Å². The number of nitrogens with one attached hydrogen (secondary N) is 1. The van der Waals surface area contributed by atoms with Crippen molar-refractivity contribution in [3.8, 4) is 5.75 Å². The van der Waals surface area contributed by atoms with Gasteiger partial charge >= 0.3 is 0 Å². The van der Waals surface area contributed by atoms with Crippen LogP contribution < -0.4 is 15.8 Å². The molecule has 0 aliphatic heterocycles. The number of rotatable bonds is 4. The predicted molar refractivity (Wildman–Crippen MR) is 85.7 cm³/mol. The number of ether oxygens (including phenoxy) is 1. The van der Waals surface area contributed by atoms with Gasteiger partial charge in [-0.05, 0) is 42.7 Å². The van der Waals surface area contributed by atoms with Crippen molar-refractivity contribution in [1.29, 1.82) is 0 Å². The average Bonchev–Trinajstić information content (AvgIpc) is 2.45. The molecule has 0 spiro atoms. The zero-order valence-electron chi connectivity index (χ0n) is 12.6. The standard InChI is InChI=1S/C17H20N2O2/c1-11-4-5-13(8-12(11)2)9-17(20)19-16-10-14(21-3)6-7-15(16)18/h4-8,10H,9,18H2,1-3H3,(H,19,20). The maximum absolute atomic E-state index is 12.1. The van der Waals surface area contributed by atoms with Crippen molar-refractivity contribution in [2.75, 3.05) is 18.2 Å². The summed E-state index contributed by atoms with van der Waals surface area (Å²) in [4.78, 5) is 12.1. The summed E-state index contributed by atoms with van der Waals surface area (Å²) in [6.07, 6.45) is 0.317. The highest BCUT2D eigenvalue weighted by Crippen LogP contribution is 2.24. The summed E-state index contributed by atoms with van der Waals surface area (Å²) in [5.74, 6) is 0.559. The van der Waals surface area contributed by atoms with Gasteiger partial charge in [-0.2, -0.15) is 0 Å². The molecule has 1 amide bonds. The number of nitrogen functional groups attached to an aromatic ring is 1. The number of benzene rings is 2. The first kappa shape index (κ1) is 14.9. The van der Waals surface area contributed by atoms with E-state index in [0.717, 1.165) is 5.56 Å². The highest BCUT2D eigenvalue weighted by molar-refractivity contribution is 5.95. The summed E-state index contributed by atoms with van der Waals surface area (Å²) in [6.45, 7) is 4.09. The van der Waals surface area contributed by atoms with Crippen molar-refractivity contribution < 1.29 is 9.53 Å². The van der Waals surface area contributed by atoms with Crippen LogP contribution in [0.2, 0.25) is 0 Å². The van der Waals surface area contributed by atoms with Gasteiger partial charge in [-0.3, -0.25) is 4.79 Å². The van der Waals surface area contributed by atoms with Crippen LogP contribution >= 0.6 is 0 Å². The van der Waals surface area contributed by atoms with Crippen LogP contribution in [0.25, 0.3) is 0 Å². The van der Waals surface area contributed by atoms with Crippen molar-refractivity contribution >= 4 is 17.3 Å². The minimum Gasteiger partial charge on any atom is -0.497 e. The Labute approximate surface area is 124 Å². The van der Waals surface area contributed by atoms with Crippen LogP contribution in [0.5, 0.6) is 5.75 Å². The Bertz CT molecular complexity index is 666. The Morgan fingerprint density at radius 1 is 1.14 bits per heavy atom. The fourth-order valence-electron chi connectivity index (χ4n) is 2.06. The monoisotopic (exact) mass is 284 g/mol. The molecule has 0 atom stereocenters. The minimum atomic E-state index is -0.0989. The van der Waals surface area contributed by atoms with Crippen molar-refractivity contribution in [3.05, 3.63) is 53.1 Å². The largest absolute Gasteiger partial charge is 0.497 e. The highest BCUT2D eigenvalue weighted by Gasteiger charge is 2.08. The van der Waals surface area contributed by atoms with E-state index in [9.17, 15) is 4.79 Å². The Balaban J connectivity index is 2.09. The fourth-order valence-corrected chi connectivity index (χ4v) is 2.06. The Kier molecular flexibility index (Phi) is 4.48. The third-order valence-corrected chi connectivity index (χ3v) is 3.47. The first-order chi connectivity index (χ1) is 9.99. The van der Waals surface area contributed by atoms with Crippen LogP contribution in [0.4, 0.5) is 11.4 Å². The molecule has 2 aromatic rings. The van der Waals surface area contributed by atoms with Gasteiger partial charge in [0.15, 0.2) is 0 Å². The summed E-state index contributed by atoms with van der Waals surface area (Å²) in [6, 6.07) is 11.2. The summed E-state index contributed by atoms with van der Waals surface area (Å²) in [7, 11) is 1.58. The molecule has 21 heavy (non-hydrogen) atoms. The molecule has 4 nitrogen and oxygen atoms in total. The summed E-state index contributed by atoms with van der Waals surface area (Å²) in [5, 5.41) is 2.82. The number of carbonyl (C=O) groups is 1. The third-order valence-electron chi connectivity index (χ3n) is 3.47. The van der Waals surface area contributed by atoms with Gasteiger partial charge < -0.3 is 15.8 Å². The zero-order valence-corrected chi connectivity index (χ0v) is 12.6. The minimum absolute atomic E-state index is 0.0989. The molecule has 0 aliphatic rings. The smallest absolute Gasteiger partial charge is 0.228 e. The summed E-state index contributed by atoms with van der Waals surface area (Å²) >= 11 is 0. The summed E-state index contributed by atoms with van der Waals surface area (Å²) < 4.78 is 5.13. The van der Waals surface area contributed by atoms with Crippen LogP contribution in [-0.2, 0) is 11.2 Å². The van der Waals surface area contributed by atoms with Gasteiger partial charge in [-0.25, -0.2) is 0 Å². The Morgan fingerprint density at radius 3 is 2.57 bits per heavy atom. The number of amides is 1. The lowest BCUT2D eigenvalue weighted by Gasteiger charge is -2.10. The van der Waals surface area contributed by atoms with E-state index in [2.05, 4.69) is 12.2 Å². The molecule has 0 saturated carbocycles. The number of methoxy groups -OCH3 is 1. The van der Waals surface area contributed by atoms with Gasteiger partial charge in [0.2, 0.25) is 5.91 Å². The topological polar surface area (TPSA) is 64.3 Å². The number of hydrogen-bond donors (Lipinski definition) is 2. The number of nitrogens with two attached hydrogens (primary N) is 1. The van der Waals surface area contributed by atoms with Crippen LogP contribution in [0.3, 0.4) is 0 Å². The van der Waals surface area contributed by atoms with E-state index in [4.69, 9.17) is 10.5 Å². The molecule has 0 saturated heterocycles. The maximum Gasteiger partial charge on any atom is 0.228 e. The molecule has 0 heterocycles. The molecule has 2 aromatic carbocycles. The van der Waals surface area contributed by atoms with Gasteiger partial charge in [-0.1, -0.05) is 18.2 Å². The van der Waals surface area contributed by atoms with Crippen molar-refractivity contribution in [1.82, 2.24) is 0 Å². The van der Waals surface area contributed by atoms with E-state index < -0.39 is 0 Å². The van der Waals surface area contributed by atoms with Gasteiger partial charge in [0.25, 0.3) is 0 Å². The number of aryl methyl sites for hydroxylation is 2. The first-order valence-corrected chi connectivity index (χ1v) is 6.79. The SMILES string of the molecule is COc1ccc(N)c(NC(=O)Cc2ccc(C)c(C)c2)c1. The second kappa shape index (κ2) is 6.31. The van der Waals surface area contributed by atoms with Gasteiger partial charge in [0, 0.05) is 6.07 Å². The molecular weight excluding hydrogens is 264 g/mol.